The second-order valence-electron chi connectivity index (χ2n) is 9.77. The van der Waals surface area contributed by atoms with Crippen LogP contribution in [-0.4, -0.2) is 22.2 Å². The van der Waals surface area contributed by atoms with Crippen LogP contribution >= 0.6 is 0 Å². The maximum absolute atomic E-state index is 13.5. The van der Waals surface area contributed by atoms with Crippen molar-refractivity contribution in [2.45, 2.75) is 52.4 Å². The third-order valence-electron chi connectivity index (χ3n) is 7.65. The summed E-state index contributed by atoms with van der Waals surface area (Å²) in [5.41, 5.74) is 6.55. The van der Waals surface area contributed by atoms with Crippen LogP contribution in [0.2, 0.25) is 0 Å². The number of hydrogen-bond acceptors (Lipinski definition) is 2. The van der Waals surface area contributed by atoms with Crippen LogP contribution in [0.1, 0.15) is 66.7 Å². The molecule has 6 heteroatoms. The molecule has 0 aliphatic heterocycles. The Morgan fingerprint density at radius 2 is 1.97 bits per heavy atom. The van der Waals surface area contributed by atoms with Gasteiger partial charge < -0.3 is 5.32 Å². The molecule has 1 aromatic heterocycles. The van der Waals surface area contributed by atoms with Gasteiger partial charge >= 0.3 is 0 Å². The molecule has 2 saturated carbocycles. The average Bonchev–Trinajstić information content (AvgIpc) is 3.21. The van der Waals surface area contributed by atoms with Crippen molar-refractivity contribution < 1.29 is 13.6 Å². The minimum atomic E-state index is -0.442. The molecule has 0 radical (unpaired) electrons. The van der Waals surface area contributed by atoms with E-state index in [0.29, 0.717) is 18.4 Å². The van der Waals surface area contributed by atoms with Crippen molar-refractivity contribution in [3.8, 4) is 5.69 Å². The van der Waals surface area contributed by atoms with E-state index in [9.17, 15) is 13.6 Å². The molecule has 1 heterocycles. The number of carbonyl (C=O) groups excluding carboxylic acids is 1. The highest BCUT2D eigenvalue weighted by Crippen LogP contribution is 2.69. The Hall–Kier alpha value is -3.28. The number of aromatic nitrogens is 2. The van der Waals surface area contributed by atoms with Crippen LogP contribution in [0.3, 0.4) is 0 Å². The third-order valence-corrected chi connectivity index (χ3v) is 7.65. The Morgan fingerprint density at radius 1 is 1.17 bits per heavy atom. The van der Waals surface area contributed by atoms with Gasteiger partial charge in [0.05, 0.1) is 23.1 Å². The fraction of sp³-hybridized carbons (Fsp3) is 0.379. The van der Waals surface area contributed by atoms with Crippen molar-refractivity contribution in [1.29, 1.82) is 0 Å². The smallest absolute Gasteiger partial charge is 0.254 e. The first-order chi connectivity index (χ1) is 17.0. The molecule has 1 amide bonds. The molecule has 2 fully saturated rings. The second kappa shape index (κ2) is 9.40. The molecule has 35 heavy (non-hydrogen) atoms. The van der Waals surface area contributed by atoms with E-state index >= 15 is 0 Å². The van der Waals surface area contributed by atoms with E-state index in [1.165, 1.54) is 48.7 Å². The van der Waals surface area contributed by atoms with Gasteiger partial charge in [0.15, 0.2) is 0 Å². The summed E-state index contributed by atoms with van der Waals surface area (Å²) in [6, 6.07) is 11.3. The first-order valence-electron chi connectivity index (χ1n) is 12.6. The van der Waals surface area contributed by atoms with Crippen LogP contribution in [0.15, 0.2) is 54.2 Å². The van der Waals surface area contributed by atoms with Gasteiger partial charge in [0.25, 0.3) is 5.91 Å². The van der Waals surface area contributed by atoms with E-state index in [-0.39, 0.29) is 17.3 Å². The zero-order valence-corrected chi connectivity index (χ0v) is 20.3. The second-order valence-corrected chi connectivity index (χ2v) is 9.77. The van der Waals surface area contributed by atoms with Gasteiger partial charge in [-0.05, 0) is 97.4 Å². The minimum Gasteiger partial charge on any atom is -0.352 e. The van der Waals surface area contributed by atoms with Crippen molar-refractivity contribution in [3.05, 3.63) is 88.3 Å². The first-order valence-corrected chi connectivity index (χ1v) is 12.6. The average molecular weight is 476 g/mol. The number of nitrogens with zero attached hydrogens (tertiary/aromatic N) is 2. The van der Waals surface area contributed by atoms with Gasteiger partial charge in [-0.1, -0.05) is 31.6 Å². The maximum Gasteiger partial charge on any atom is 0.254 e. The number of halogens is 2. The molecule has 182 valence electrons. The zero-order valence-electron chi connectivity index (χ0n) is 20.3. The van der Waals surface area contributed by atoms with E-state index in [4.69, 9.17) is 0 Å². The van der Waals surface area contributed by atoms with Crippen molar-refractivity contribution in [2.24, 2.45) is 11.3 Å². The summed E-state index contributed by atoms with van der Waals surface area (Å²) in [5.74, 6) is -0.0329. The predicted molar refractivity (Wildman–Crippen MR) is 133 cm³/mol. The molecule has 4 nitrogen and oxygen atoms in total. The number of aryl methyl sites for hydroxylation is 1. The molecule has 1 spiro atoms. The summed E-state index contributed by atoms with van der Waals surface area (Å²) in [4.78, 5) is 11.7. The lowest BCUT2D eigenvalue weighted by Crippen LogP contribution is -2.26. The lowest BCUT2D eigenvalue weighted by atomic mass is 9.84. The number of hydrogen-bond donors (Lipinski definition) is 1. The van der Waals surface area contributed by atoms with Gasteiger partial charge in [0, 0.05) is 6.54 Å². The van der Waals surface area contributed by atoms with Crippen LogP contribution in [0, 0.1) is 23.0 Å². The number of carbonyl (C=O) groups is 1. The molecule has 3 aromatic rings. The van der Waals surface area contributed by atoms with Crippen LogP contribution in [-0.2, 0) is 12.8 Å². The summed E-state index contributed by atoms with van der Waals surface area (Å²) in [5, 5.41) is 7.21. The predicted octanol–water partition coefficient (Wildman–Crippen LogP) is 6.28. The lowest BCUT2D eigenvalue weighted by Gasteiger charge is -2.21. The molecule has 0 saturated heterocycles. The summed E-state index contributed by atoms with van der Waals surface area (Å²) in [6.07, 6.45) is 11.0. The highest BCUT2D eigenvalue weighted by Gasteiger charge is 2.60. The topological polar surface area (TPSA) is 46.9 Å². The number of benzene rings is 2. The standard InChI is InChI=1S/C17H15FN2.C12H16FNO/c18-14-3-5-15(6-4-14)20-16-7-12-1-2-13-9-17(12,13)8-11(16)10-19-20;1-3-8-14-12(15)11-9(4-2)6-5-7-10(11)13/h3-7,10,13H,1-2,8-9H2;5-7H,3-4,8H2,1-2H3,(H,14,15)/t13-,17?;/m1./s1. The van der Waals surface area contributed by atoms with Crippen LogP contribution < -0.4 is 5.32 Å². The number of rotatable bonds is 5. The number of amides is 1. The molecule has 2 atom stereocenters. The van der Waals surface area contributed by atoms with Gasteiger partial charge in [0.1, 0.15) is 11.6 Å². The first kappa shape index (κ1) is 23.5. The Labute approximate surface area is 205 Å². The number of nitrogens with one attached hydrogen (secondary N) is 1. The third kappa shape index (κ3) is 4.30. The number of fused-ring (bicyclic) bond motifs is 1. The van der Waals surface area contributed by atoms with E-state index in [1.807, 2.05) is 24.7 Å². The Morgan fingerprint density at radius 3 is 2.69 bits per heavy atom. The molecular formula is C29H31F2N3O. The van der Waals surface area contributed by atoms with Crippen molar-refractivity contribution in [3.63, 3.8) is 0 Å². The molecule has 2 aromatic carbocycles. The normalized spacial score (nSPS) is 21.1. The molecule has 3 aliphatic carbocycles. The molecule has 1 unspecified atom stereocenters. The minimum absolute atomic E-state index is 0.188. The van der Waals surface area contributed by atoms with Crippen molar-refractivity contribution in [2.75, 3.05) is 6.54 Å². The largest absolute Gasteiger partial charge is 0.352 e. The SMILES string of the molecule is CCCNC(=O)c1c(F)cccc1CC.Fc1ccc(-n2ncc3c2C=C2CC[C@@H]4CC24C3)cc1. The van der Waals surface area contributed by atoms with Gasteiger partial charge in [-0.25, -0.2) is 13.5 Å². The summed E-state index contributed by atoms with van der Waals surface area (Å²) in [6.45, 7) is 4.45. The molecule has 0 bridgehead atoms. The lowest BCUT2D eigenvalue weighted by molar-refractivity contribution is 0.0948. The van der Waals surface area contributed by atoms with Gasteiger partial charge in [-0.15, -0.1) is 0 Å². The Bertz CT molecular complexity index is 1280. The van der Waals surface area contributed by atoms with Crippen molar-refractivity contribution >= 4 is 12.0 Å². The summed E-state index contributed by atoms with van der Waals surface area (Å²) >= 11 is 0. The van der Waals surface area contributed by atoms with E-state index in [0.717, 1.165) is 30.0 Å². The van der Waals surface area contributed by atoms with Crippen LogP contribution in [0.5, 0.6) is 0 Å². The van der Waals surface area contributed by atoms with Gasteiger partial charge in [-0.2, -0.15) is 5.10 Å². The van der Waals surface area contributed by atoms with E-state index < -0.39 is 5.82 Å². The molecule has 3 aliphatic rings. The summed E-state index contributed by atoms with van der Waals surface area (Å²) < 4.78 is 28.5. The number of allylic oxidation sites excluding steroid dienone is 1. The fourth-order valence-corrected chi connectivity index (χ4v) is 5.70. The van der Waals surface area contributed by atoms with Crippen LogP contribution in [0.4, 0.5) is 8.78 Å². The van der Waals surface area contributed by atoms with Crippen molar-refractivity contribution in [1.82, 2.24) is 15.1 Å². The Balaban J connectivity index is 0.000000153. The van der Waals surface area contributed by atoms with Gasteiger partial charge in [-0.3, -0.25) is 4.79 Å². The quantitative estimate of drug-likeness (QED) is 0.472. The summed E-state index contributed by atoms with van der Waals surface area (Å²) in [7, 11) is 0. The Kier molecular flexibility index (Phi) is 6.30. The van der Waals surface area contributed by atoms with E-state index in [1.54, 1.807) is 29.8 Å². The molecular weight excluding hydrogens is 444 g/mol. The molecule has 1 N–H and O–H groups in total. The fourth-order valence-electron chi connectivity index (χ4n) is 5.70. The van der Waals surface area contributed by atoms with Gasteiger partial charge in [0.2, 0.25) is 0 Å². The van der Waals surface area contributed by atoms with Crippen LogP contribution in [0.25, 0.3) is 11.8 Å². The highest BCUT2D eigenvalue weighted by atomic mass is 19.1. The monoisotopic (exact) mass is 475 g/mol. The zero-order chi connectivity index (χ0) is 24.6. The van der Waals surface area contributed by atoms with E-state index in [2.05, 4.69) is 16.5 Å². The highest BCUT2D eigenvalue weighted by molar-refractivity contribution is 5.95. The maximum atomic E-state index is 13.5. The molecule has 6 rings (SSSR count).